The van der Waals surface area contributed by atoms with Crippen LogP contribution in [0, 0.1) is 5.41 Å². The summed E-state index contributed by atoms with van der Waals surface area (Å²) in [5, 5.41) is 6.69. The van der Waals surface area contributed by atoms with Crippen molar-refractivity contribution >= 4 is 15.8 Å². The maximum absolute atomic E-state index is 11.3. The Hall–Kier alpha value is -0.820. The molecule has 1 fully saturated rings. The third kappa shape index (κ3) is 10.0. The van der Waals surface area contributed by atoms with Gasteiger partial charge >= 0.3 is 0 Å². The molecule has 1 unspecified atom stereocenters. The number of hydrogen-bond donors (Lipinski definition) is 2. The molecule has 25 heavy (non-hydrogen) atoms. The normalized spacial score (nSPS) is 20.5. The second kappa shape index (κ2) is 10.4. The van der Waals surface area contributed by atoms with E-state index in [1.165, 1.54) is 32.1 Å². The van der Waals surface area contributed by atoms with Gasteiger partial charge in [0.2, 0.25) is 0 Å². The first-order chi connectivity index (χ1) is 11.6. The predicted octanol–water partition coefficient (Wildman–Crippen LogP) is 1.88. The topological polar surface area (TPSA) is 73.8 Å². The summed E-state index contributed by atoms with van der Waals surface area (Å²) in [6.07, 6.45) is 7.04. The van der Waals surface area contributed by atoms with E-state index >= 15 is 0 Å². The van der Waals surface area contributed by atoms with Crippen LogP contribution >= 0.6 is 0 Å². The van der Waals surface area contributed by atoms with Crippen LogP contribution in [0.4, 0.5) is 0 Å². The van der Waals surface area contributed by atoms with Crippen molar-refractivity contribution in [2.75, 3.05) is 45.2 Å². The van der Waals surface area contributed by atoms with E-state index in [2.05, 4.69) is 41.3 Å². The first-order valence-electron chi connectivity index (χ1n) is 9.49. The second-order valence-electron chi connectivity index (χ2n) is 8.13. The summed E-state index contributed by atoms with van der Waals surface area (Å²) in [7, 11) is -1.14. The Labute approximate surface area is 154 Å². The standard InChI is InChI=1S/C18H38N4O2S/c1-16-9-6-7-12-22(16)13-8-11-20-17(19-4)21-15-18(2,3)10-14-25(5,23)24/h16H,6-15H2,1-5H3,(H2,19,20,21). The SMILES string of the molecule is CN=C(NCCCN1CCCCC1C)NCC(C)(C)CCS(C)(=O)=O. The van der Waals surface area contributed by atoms with Crippen LogP contribution in [0.25, 0.3) is 0 Å². The van der Waals surface area contributed by atoms with Gasteiger partial charge in [0.25, 0.3) is 0 Å². The number of guanidine groups is 1. The predicted molar refractivity (Wildman–Crippen MR) is 107 cm³/mol. The molecule has 0 aliphatic carbocycles. The first-order valence-corrected chi connectivity index (χ1v) is 11.6. The van der Waals surface area contributed by atoms with Gasteiger partial charge in [0.15, 0.2) is 5.96 Å². The largest absolute Gasteiger partial charge is 0.356 e. The number of rotatable bonds is 9. The van der Waals surface area contributed by atoms with Crippen LogP contribution in [0.2, 0.25) is 0 Å². The van der Waals surface area contributed by atoms with Gasteiger partial charge < -0.3 is 15.5 Å². The van der Waals surface area contributed by atoms with E-state index in [-0.39, 0.29) is 11.2 Å². The molecule has 148 valence electrons. The maximum Gasteiger partial charge on any atom is 0.190 e. The van der Waals surface area contributed by atoms with Gasteiger partial charge in [-0.15, -0.1) is 0 Å². The third-order valence-corrected chi connectivity index (χ3v) is 5.91. The zero-order valence-corrected chi connectivity index (χ0v) is 17.6. The highest BCUT2D eigenvalue weighted by molar-refractivity contribution is 7.90. The molecule has 1 aliphatic rings. The number of piperidine rings is 1. The fraction of sp³-hybridized carbons (Fsp3) is 0.944. The van der Waals surface area contributed by atoms with Crippen molar-refractivity contribution in [2.24, 2.45) is 10.4 Å². The molecular formula is C18H38N4O2S. The summed E-state index contributed by atoms with van der Waals surface area (Å²) < 4.78 is 22.7. The van der Waals surface area contributed by atoms with Gasteiger partial charge in [-0.25, -0.2) is 8.42 Å². The van der Waals surface area contributed by atoms with Gasteiger partial charge in [0.05, 0.1) is 5.75 Å². The minimum Gasteiger partial charge on any atom is -0.356 e. The van der Waals surface area contributed by atoms with Gasteiger partial charge in [-0.3, -0.25) is 4.99 Å². The summed E-state index contributed by atoms with van der Waals surface area (Å²) in [5.74, 6) is 1.01. The third-order valence-electron chi connectivity index (χ3n) is 4.96. The molecule has 0 spiro atoms. The molecule has 0 aromatic rings. The van der Waals surface area contributed by atoms with Crippen LogP contribution < -0.4 is 10.6 Å². The zero-order chi connectivity index (χ0) is 18.9. The maximum atomic E-state index is 11.3. The van der Waals surface area contributed by atoms with Gasteiger partial charge in [0.1, 0.15) is 9.84 Å². The van der Waals surface area contributed by atoms with Crippen molar-refractivity contribution in [3.05, 3.63) is 0 Å². The Morgan fingerprint density at radius 1 is 1.28 bits per heavy atom. The van der Waals surface area contributed by atoms with Crippen molar-refractivity contribution in [1.29, 1.82) is 0 Å². The van der Waals surface area contributed by atoms with Gasteiger partial charge in [0, 0.05) is 39.0 Å². The number of hydrogen-bond acceptors (Lipinski definition) is 4. The first kappa shape index (κ1) is 22.2. The fourth-order valence-electron chi connectivity index (χ4n) is 3.07. The van der Waals surface area contributed by atoms with E-state index in [9.17, 15) is 8.42 Å². The molecule has 0 aromatic heterocycles. The van der Waals surface area contributed by atoms with E-state index in [0.29, 0.717) is 19.0 Å². The van der Waals surface area contributed by atoms with Crippen molar-refractivity contribution in [1.82, 2.24) is 15.5 Å². The lowest BCUT2D eigenvalue weighted by atomic mass is 9.90. The summed E-state index contributed by atoms with van der Waals surface area (Å²) >= 11 is 0. The Morgan fingerprint density at radius 2 is 2.00 bits per heavy atom. The van der Waals surface area contributed by atoms with Crippen molar-refractivity contribution in [3.63, 3.8) is 0 Å². The Morgan fingerprint density at radius 3 is 2.60 bits per heavy atom. The molecule has 6 nitrogen and oxygen atoms in total. The van der Waals surface area contributed by atoms with E-state index in [4.69, 9.17) is 0 Å². The molecule has 1 rings (SSSR count). The lowest BCUT2D eigenvalue weighted by Crippen LogP contribution is -2.44. The van der Waals surface area contributed by atoms with Crippen LogP contribution in [0.5, 0.6) is 0 Å². The van der Waals surface area contributed by atoms with Crippen LogP contribution in [-0.4, -0.2) is 70.6 Å². The molecule has 1 aliphatic heterocycles. The van der Waals surface area contributed by atoms with Crippen molar-refractivity contribution in [3.8, 4) is 0 Å². The van der Waals surface area contributed by atoms with Crippen molar-refractivity contribution < 1.29 is 8.42 Å². The molecule has 1 atom stereocenters. The lowest BCUT2D eigenvalue weighted by molar-refractivity contribution is 0.159. The Balaban J connectivity index is 2.25. The molecule has 1 heterocycles. The Kier molecular flexibility index (Phi) is 9.21. The van der Waals surface area contributed by atoms with Crippen LogP contribution in [-0.2, 0) is 9.84 Å². The van der Waals surface area contributed by atoms with Crippen LogP contribution in [0.15, 0.2) is 4.99 Å². The molecule has 2 N–H and O–H groups in total. The number of likely N-dealkylation sites (tertiary alicyclic amines) is 1. The Bertz CT molecular complexity index is 517. The summed E-state index contributed by atoms with van der Waals surface area (Å²) in [6, 6.07) is 0.710. The van der Waals surface area contributed by atoms with Crippen molar-refractivity contribution in [2.45, 2.75) is 58.9 Å². The summed E-state index contributed by atoms with van der Waals surface area (Å²) in [5.41, 5.74) is -0.0933. The lowest BCUT2D eigenvalue weighted by Gasteiger charge is -2.33. The number of sulfone groups is 1. The summed E-state index contributed by atoms with van der Waals surface area (Å²) in [4.78, 5) is 6.84. The van der Waals surface area contributed by atoms with Gasteiger partial charge in [-0.1, -0.05) is 20.3 Å². The van der Waals surface area contributed by atoms with E-state index in [0.717, 1.165) is 25.5 Å². The smallest absolute Gasteiger partial charge is 0.190 e. The zero-order valence-electron chi connectivity index (χ0n) is 16.8. The van der Waals surface area contributed by atoms with E-state index in [1.807, 2.05) is 0 Å². The minimum atomic E-state index is -2.91. The molecule has 0 aromatic carbocycles. The average Bonchev–Trinajstić information content (AvgIpc) is 2.53. The van der Waals surface area contributed by atoms with Gasteiger partial charge in [-0.2, -0.15) is 0 Å². The molecule has 0 bridgehead atoms. The second-order valence-corrected chi connectivity index (χ2v) is 10.4. The monoisotopic (exact) mass is 374 g/mol. The molecule has 0 amide bonds. The van der Waals surface area contributed by atoms with Gasteiger partial charge in [-0.05, 0) is 44.6 Å². The van der Waals surface area contributed by atoms with Crippen LogP contribution in [0.3, 0.4) is 0 Å². The molecule has 7 heteroatoms. The molecule has 1 saturated heterocycles. The quantitative estimate of drug-likeness (QED) is 0.366. The fourth-order valence-corrected chi connectivity index (χ4v) is 4.00. The number of aliphatic imine (C=N–C) groups is 1. The molecular weight excluding hydrogens is 336 g/mol. The summed E-state index contributed by atoms with van der Waals surface area (Å²) in [6.45, 7) is 10.4. The van der Waals surface area contributed by atoms with E-state index < -0.39 is 9.84 Å². The average molecular weight is 375 g/mol. The number of nitrogens with one attached hydrogen (secondary N) is 2. The highest BCUT2D eigenvalue weighted by Gasteiger charge is 2.21. The van der Waals surface area contributed by atoms with E-state index in [1.54, 1.807) is 7.05 Å². The molecule has 0 saturated carbocycles. The highest BCUT2D eigenvalue weighted by Crippen LogP contribution is 2.19. The highest BCUT2D eigenvalue weighted by atomic mass is 32.2. The van der Waals surface area contributed by atoms with Crippen LogP contribution in [0.1, 0.15) is 52.9 Å². The molecule has 0 radical (unpaired) electrons. The minimum absolute atomic E-state index is 0.0933. The number of nitrogens with zero attached hydrogens (tertiary/aromatic N) is 2.